The molecule has 0 aliphatic rings. The number of rotatable bonds is 8. The fraction of sp³-hybridized carbons (Fsp3) is 0.409. The van der Waals surface area contributed by atoms with Crippen LogP contribution in [0.2, 0.25) is 0 Å². The number of halogens is 3. The summed E-state index contributed by atoms with van der Waals surface area (Å²) in [4.78, 5) is 12.7. The molecule has 2 heterocycles. The van der Waals surface area contributed by atoms with Crippen molar-refractivity contribution in [3.63, 3.8) is 0 Å². The van der Waals surface area contributed by atoms with Crippen molar-refractivity contribution in [1.29, 1.82) is 0 Å². The SMILES string of the molecule is Cc1csc(Nc2nccc(-c3ccc(OCC(C)(N)CC(C)C)c(C(F)(F)F)c3)n2)n1. The largest absolute Gasteiger partial charge is 0.491 e. The number of anilines is 2. The molecule has 0 aliphatic carbocycles. The number of nitrogens with two attached hydrogens (primary N) is 1. The van der Waals surface area contributed by atoms with Crippen LogP contribution < -0.4 is 15.8 Å². The number of aryl methyl sites for hydroxylation is 1. The van der Waals surface area contributed by atoms with Gasteiger partial charge in [0, 0.05) is 22.7 Å². The molecule has 1 atom stereocenters. The molecule has 3 rings (SSSR count). The van der Waals surface area contributed by atoms with Gasteiger partial charge in [-0.3, -0.25) is 0 Å². The average Bonchev–Trinajstić information content (AvgIpc) is 3.09. The van der Waals surface area contributed by atoms with Crippen molar-refractivity contribution in [2.75, 3.05) is 11.9 Å². The van der Waals surface area contributed by atoms with Gasteiger partial charge in [-0.25, -0.2) is 15.0 Å². The van der Waals surface area contributed by atoms with Crippen molar-refractivity contribution in [1.82, 2.24) is 15.0 Å². The maximum atomic E-state index is 13.8. The highest BCUT2D eigenvalue weighted by Gasteiger charge is 2.35. The third kappa shape index (κ3) is 6.39. The number of nitrogens with zero attached hydrogens (tertiary/aromatic N) is 3. The molecule has 172 valence electrons. The van der Waals surface area contributed by atoms with Crippen molar-refractivity contribution in [3.8, 4) is 17.0 Å². The van der Waals surface area contributed by atoms with Crippen molar-refractivity contribution >= 4 is 22.4 Å². The van der Waals surface area contributed by atoms with E-state index in [1.807, 2.05) is 26.2 Å². The van der Waals surface area contributed by atoms with Crippen LogP contribution in [0.15, 0.2) is 35.8 Å². The minimum absolute atomic E-state index is 0.0254. The molecular formula is C22H26F3N5OS. The van der Waals surface area contributed by atoms with Gasteiger partial charge in [0.15, 0.2) is 5.13 Å². The monoisotopic (exact) mass is 465 g/mol. The second kappa shape index (κ2) is 9.41. The number of nitrogens with one attached hydrogen (secondary N) is 1. The van der Waals surface area contributed by atoms with Gasteiger partial charge >= 0.3 is 6.18 Å². The summed E-state index contributed by atoms with van der Waals surface area (Å²) in [5.41, 5.74) is 6.06. The second-order valence-corrected chi connectivity index (χ2v) is 9.29. The Kier molecular flexibility index (Phi) is 7.04. The molecule has 6 nitrogen and oxygen atoms in total. The third-order valence-electron chi connectivity index (χ3n) is 4.51. The molecule has 0 saturated carbocycles. The highest BCUT2D eigenvalue weighted by molar-refractivity contribution is 7.13. The number of alkyl halides is 3. The van der Waals surface area contributed by atoms with Crippen LogP contribution in [0.4, 0.5) is 24.3 Å². The summed E-state index contributed by atoms with van der Waals surface area (Å²) in [5, 5.41) is 5.44. The maximum Gasteiger partial charge on any atom is 0.419 e. The molecule has 3 aromatic rings. The fourth-order valence-electron chi connectivity index (χ4n) is 3.36. The Morgan fingerprint density at radius 2 is 1.94 bits per heavy atom. The summed E-state index contributed by atoms with van der Waals surface area (Å²) >= 11 is 1.39. The Balaban J connectivity index is 1.86. The van der Waals surface area contributed by atoms with Crippen LogP contribution in [0.3, 0.4) is 0 Å². The minimum Gasteiger partial charge on any atom is -0.491 e. The van der Waals surface area contributed by atoms with Crippen LogP contribution in [0.1, 0.15) is 38.4 Å². The highest BCUT2D eigenvalue weighted by atomic mass is 32.1. The summed E-state index contributed by atoms with van der Waals surface area (Å²) in [6, 6.07) is 5.43. The molecule has 1 aromatic carbocycles. The molecule has 3 N–H and O–H groups in total. The summed E-state index contributed by atoms with van der Waals surface area (Å²) in [7, 11) is 0. The van der Waals surface area contributed by atoms with E-state index < -0.39 is 17.3 Å². The van der Waals surface area contributed by atoms with Crippen molar-refractivity contribution in [2.45, 2.75) is 45.8 Å². The molecule has 0 fully saturated rings. The van der Waals surface area contributed by atoms with Gasteiger partial charge in [0.25, 0.3) is 0 Å². The lowest BCUT2D eigenvalue weighted by atomic mass is 9.93. The predicted octanol–water partition coefficient (Wildman–Crippen LogP) is 5.81. The molecular weight excluding hydrogens is 439 g/mol. The number of thiazole rings is 1. The van der Waals surface area contributed by atoms with Gasteiger partial charge in [-0.05, 0) is 50.5 Å². The molecule has 0 radical (unpaired) electrons. The Morgan fingerprint density at radius 1 is 1.19 bits per heavy atom. The zero-order chi connectivity index (χ0) is 23.5. The molecule has 0 spiro atoms. The Hall–Kier alpha value is -2.72. The first-order chi connectivity index (χ1) is 14.9. The van der Waals surface area contributed by atoms with Crippen LogP contribution >= 0.6 is 11.3 Å². The Bertz CT molecular complexity index is 1070. The topological polar surface area (TPSA) is 86.0 Å². The average molecular weight is 466 g/mol. The molecule has 10 heteroatoms. The van der Waals surface area contributed by atoms with E-state index in [1.165, 1.54) is 23.6 Å². The van der Waals surface area contributed by atoms with Gasteiger partial charge in [-0.1, -0.05) is 13.8 Å². The molecule has 0 saturated heterocycles. The molecule has 0 bridgehead atoms. The van der Waals surface area contributed by atoms with E-state index in [2.05, 4.69) is 20.3 Å². The van der Waals surface area contributed by atoms with E-state index in [1.54, 1.807) is 19.1 Å². The van der Waals surface area contributed by atoms with Crippen molar-refractivity contribution in [3.05, 3.63) is 47.1 Å². The van der Waals surface area contributed by atoms with Crippen LogP contribution in [-0.4, -0.2) is 27.1 Å². The van der Waals surface area contributed by atoms with E-state index in [-0.39, 0.29) is 18.3 Å². The van der Waals surface area contributed by atoms with Gasteiger partial charge in [-0.15, -0.1) is 11.3 Å². The van der Waals surface area contributed by atoms with Crippen LogP contribution in [0.5, 0.6) is 5.75 Å². The van der Waals surface area contributed by atoms with Gasteiger partial charge in [-0.2, -0.15) is 13.2 Å². The first kappa shape index (κ1) is 23.9. The predicted molar refractivity (Wildman–Crippen MR) is 120 cm³/mol. The Morgan fingerprint density at radius 3 is 2.56 bits per heavy atom. The first-order valence-corrected chi connectivity index (χ1v) is 11.0. The third-order valence-corrected chi connectivity index (χ3v) is 5.38. The smallest absolute Gasteiger partial charge is 0.419 e. The molecule has 2 aromatic heterocycles. The van der Waals surface area contributed by atoms with E-state index >= 15 is 0 Å². The quantitative estimate of drug-likeness (QED) is 0.436. The second-order valence-electron chi connectivity index (χ2n) is 8.43. The van der Waals surface area contributed by atoms with E-state index in [4.69, 9.17) is 10.5 Å². The lowest BCUT2D eigenvalue weighted by Gasteiger charge is -2.27. The summed E-state index contributed by atoms with van der Waals surface area (Å²) < 4.78 is 46.9. The highest BCUT2D eigenvalue weighted by Crippen LogP contribution is 2.39. The number of benzene rings is 1. The Labute approximate surface area is 189 Å². The minimum atomic E-state index is -4.60. The number of aromatic nitrogens is 3. The van der Waals surface area contributed by atoms with E-state index in [9.17, 15) is 13.2 Å². The maximum absolute atomic E-state index is 13.8. The lowest BCUT2D eigenvalue weighted by molar-refractivity contribution is -0.139. The molecule has 0 amide bonds. The van der Waals surface area contributed by atoms with E-state index in [0.717, 1.165) is 11.8 Å². The molecule has 0 aliphatic heterocycles. The standard InChI is InChI=1S/C22H26F3N5OS/c1-13(2)10-21(4,26)12-31-18-6-5-15(9-16(18)22(23,24)25)17-7-8-27-19(29-17)30-20-28-14(3)11-32-20/h5-9,11,13H,10,12,26H2,1-4H3,(H,27,28,29,30). The summed E-state index contributed by atoms with van der Waals surface area (Å²) in [6.07, 6.45) is -2.49. The van der Waals surface area contributed by atoms with Gasteiger partial charge in [0.1, 0.15) is 12.4 Å². The van der Waals surface area contributed by atoms with Crippen LogP contribution in [-0.2, 0) is 6.18 Å². The first-order valence-electron chi connectivity index (χ1n) is 10.1. The molecule has 32 heavy (non-hydrogen) atoms. The van der Waals surface area contributed by atoms with Crippen molar-refractivity contribution < 1.29 is 17.9 Å². The van der Waals surface area contributed by atoms with Gasteiger partial charge in [0.2, 0.25) is 5.95 Å². The van der Waals surface area contributed by atoms with Gasteiger partial charge in [0.05, 0.1) is 17.0 Å². The summed E-state index contributed by atoms with van der Waals surface area (Å²) in [5.74, 6) is 0.289. The zero-order valence-corrected chi connectivity index (χ0v) is 19.1. The zero-order valence-electron chi connectivity index (χ0n) is 18.3. The lowest BCUT2D eigenvalue weighted by Crippen LogP contribution is -2.43. The molecule has 1 unspecified atom stereocenters. The van der Waals surface area contributed by atoms with E-state index in [0.29, 0.717) is 28.7 Å². The van der Waals surface area contributed by atoms with Crippen molar-refractivity contribution in [2.24, 2.45) is 11.7 Å². The van der Waals surface area contributed by atoms with Crippen LogP contribution in [0, 0.1) is 12.8 Å². The van der Waals surface area contributed by atoms with Crippen LogP contribution in [0.25, 0.3) is 11.3 Å². The normalized spacial score (nSPS) is 13.8. The summed E-state index contributed by atoms with van der Waals surface area (Å²) in [6.45, 7) is 7.61. The number of hydrogen-bond acceptors (Lipinski definition) is 7. The number of hydrogen-bond donors (Lipinski definition) is 2. The number of ether oxygens (including phenoxy) is 1. The fourth-order valence-corrected chi connectivity index (χ4v) is 4.04. The van der Waals surface area contributed by atoms with Gasteiger partial charge < -0.3 is 15.8 Å².